The summed E-state index contributed by atoms with van der Waals surface area (Å²) >= 11 is 0. The Morgan fingerprint density at radius 2 is 1.95 bits per heavy atom. The molecule has 118 valence electrons. The van der Waals surface area contributed by atoms with Crippen molar-refractivity contribution in [2.45, 2.75) is 64.5 Å². The zero-order valence-corrected chi connectivity index (χ0v) is 14.3. The first-order valence-corrected chi connectivity index (χ1v) is 8.28. The fraction of sp³-hybridized carbons (Fsp3) is 0.684. The van der Waals surface area contributed by atoms with Crippen LogP contribution in [0.2, 0.25) is 0 Å². The van der Waals surface area contributed by atoms with Crippen LogP contribution < -0.4 is 5.32 Å². The third-order valence-electron chi connectivity index (χ3n) is 5.10. The molecule has 0 bridgehead atoms. The van der Waals surface area contributed by atoms with Gasteiger partial charge in [-0.05, 0) is 51.6 Å². The maximum atomic E-state index is 6.07. The predicted molar refractivity (Wildman–Crippen MR) is 89.8 cm³/mol. The summed E-state index contributed by atoms with van der Waals surface area (Å²) < 4.78 is 6.07. The van der Waals surface area contributed by atoms with Gasteiger partial charge in [0.05, 0.1) is 5.60 Å². The van der Waals surface area contributed by atoms with Gasteiger partial charge in [-0.1, -0.05) is 49.1 Å². The molecule has 0 aromatic heterocycles. The number of aryl methyl sites for hydroxylation is 2. The van der Waals surface area contributed by atoms with E-state index < -0.39 is 0 Å². The van der Waals surface area contributed by atoms with E-state index in [0.717, 1.165) is 12.3 Å². The highest BCUT2D eigenvalue weighted by molar-refractivity contribution is 5.29. The van der Waals surface area contributed by atoms with Crippen molar-refractivity contribution >= 4 is 0 Å². The molecule has 0 saturated heterocycles. The number of ether oxygens (including phenoxy) is 1. The van der Waals surface area contributed by atoms with Crippen molar-refractivity contribution in [2.75, 3.05) is 14.2 Å². The molecular formula is C19H31NO. The van der Waals surface area contributed by atoms with Crippen molar-refractivity contribution in [3.63, 3.8) is 0 Å². The van der Waals surface area contributed by atoms with Crippen LogP contribution in [0.25, 0.3) is 0 Å². The highest BCUT2D eigenvalue weighted by Crippen LogP contribution is 2.38. The Balaban J connectivity index is 2.21. The van der Waals surface area contributed by atoms with E-state index in [2.05, 4.69) is 51.3 Å². The molecule has 1 saturated carbocycles. The number of methoxy groups -OCH3 is 1. The summed E-state index contributed by atoms with van der Waals surface area (Å²) in [5, 5.41) is 3.55. The molecule has 1 fully saturated rings. The molecule has 0 radical (unpaired) electrons. The highest BCUT2D eigenvalue weighted by Gasteiger charge is 2.41. The van der Waals surface area contributed by atoms with Gasteiger partial charge in [0.2, 0.25) is 0 Å². The SMILES string of the molecule is CNC(Cc1cc(C)cc(C)c1)C1(OC)CCCC(C)C1. The second kappa shape index (κ2) is 6.93. The van der Waals surface area contributed by atoms with Gasteiger partial charge < -0.3 is 10.1 Å². The molecule has 0 spiro atoms. The second-order valence-corrected chi connectivity index (χ2v) is 7.01. The monoisotopic (exact) mass is 289 g/mol. The lowest BCUT2D eigenvalue weighted by Crippen LogP contribution is -2.54. The Kier molecular flexibility index (Phi) is 5.45. The molecule has 0 aliphatic heterocycles. The lowest BCUT2D eigenvalue weighted by atomic mass is 9.73. The van der Waals surface area contributed by atoms with Crippen molar-refractivity contribution in [3.05, 3.63) is 34.9 Å². The van der Waals surface area contributed by atoms with Crippen LogP contribution >= 0.6 is 0 Å². The lowest BCUT2D eigenvalue weighted by molar-refractivity contribution is -0.0775. The van der Waals surface area contributed by atoms with Crippen molar-refractivity contribution in [1.29, 1.82) is 0 Å². The summed E-state index contributed by atoms with van der Waals surface area (Å²) in [6, 6.07) is 7.25. The van der Waals surface area contributed by atoms with Crippen LogP contribution in [-0.4, -0.2) is 25.8 Å². The van der Waals surface area contributed by atoms with Crippen molar-refractivity contribution < 1.29 is 4.74 Å². The van der Waals surface area contributed by atoms with Crippen molar-refractivity contribution in [1.82, 2.24) is 5.32 Å². The van der Waals surface area contributed by atoms with E-state index in [1.807, 2.05) is 7.11 Å². The standard InChI is InChI=1S/C19H31NO/c1-14-7-6-8-19(13-14,21-5)18(20-4)12-17-10-15(2)9-16(3)11-17/h9-11,14,18,20H,6-8,12-13H2,1-5H3. The summed E-state index contributed by atoms with van der Waals surface area (Å²) in [5.74, 6) is 0.758. The van der Waals surface area contributed by atoms with Crippen LogP contribution in [0.4, 0.5) is 0 Å². The molecule has 1 N–H and O–H groups in total. The van der Waals surface area contributed by atoms with Crippen molar-refractivity contribution in [2.24, 2.45) is 5.92 Å². The van der Waals surface area contributed by atoms with E-state index in [1.165, 1.54) is 42.4 Å². The maximum absolute atomic E-state index is 6.07. The van der Waals surface area contributed by atoms with E-state index in [9.17, 15) is 0 Å². The van der Waals surface area contributed by atoms with Crippen LogP contribution in [-0.2, 0) is 11.2 Å². The number of hydrogen-bond acceptors (Lipinski definition) is 2. The molecule has 1 aromatic rings. The van der Waals surface area contributed by atoms with E-state index in [4.69, 9.17) is 4.74 Å². The number of rotatable bonds is 5. The topological polar surface area (TPSA) is 21.3 Å². The fourth-order valence-electron chi connectivity index (χ4n) is 4.16. The molecule has 3 unspecified atom stereocenters. The molecule has 0 heterocycles. The molecule has 21 heavy (non-hydrogen) atoms. The number of benzene rings is 1. The predicted octanol–water partition coefficient (Wildman–Crippen LogP) is 4.03. The maximum Gasteiger partial charge on any atom is 0.0836 e. The second-order valence-electron chi connectivity index (χ2n) is 7.01. The van der Waals surface area contributed by atoms with Crippen LogP contribution in [0, 0.1) is 19.8 Å². The third kappa shape index (κ3) is 3.87. The Morgan fingerprint density at radius 1 is 1.29 bits per heavy atom. The molecule has 2 heteroatoms. The minimum absolute atomic E-state index is 0.00985. The van der Waals surface area contributed by atoms with Crippen molar-refractivity contribution in [3.8, 4) is 0 Å². The smallest absolute Gasteiger partial charge is 0.0836 e. The van der Waals surface area contributed by atoms with Gasteiger partial charge in [0.25, 0.3) is 0 Å². The zero-order chi connectivity index (χ0) is 15.5. The quantitative estimate of drug-likeness (QED) is 0.883. The average Bonchev–Trinajstić information content (AvgIpc) is 2.43. The molecule has 1 aromatic carbocycles. The molecule has 1 aliphatic rings. The van der Waals surface area contributed by atoms with E-state index in [0.29, 0.717) is 6.04 Å². The summed E-state index contributed by atoms with van der Waals surface area (Å²) in [5.41, 5.74) is 4.11. The van der Waals surface area contributed by atoms with E-state index in [1.54, 1.807) is 0 Å². The first-order chi connectivity index (χ1) is 9.99. The highest BCUT2D eigenvalue weighted by atomic mass is 16.5. The van der Waals surface area contributed by atoms with Gasteiger partial charge in [-0.3, -0.25) is 0 Å². The number of hydrogen-bond donors (Lipinski definition) is 1. The molecule has 2 nitrogen and oxygen atoms in total. The first-order valence-electron chi connectivity index (χ1n) is 8.28. The normalized spacial score (nSPS) is 27.6. The largest absolute Gasteiger partial charge is 0.377 e. The summed E-state index contributed by atoms with van der Waals surface area (Å²) in [7, 11) is 3.97. The lowest BCUT2D eigenvalue weighted by Gasteiger charge is -2.44. The van der Waals surface area contributed by atoms with Gasteiger partial charge in [-0.15, -0.1) is 0 Å². The van der Waals surface area contributed by atoms with Gasteiger partial charge in [0.1, 0.15) is 0 Å². The van der Waals surface area contributed by atoms with Crippen LogP contribution in [0.1, 0.15) is 49.3 Å². The minimum atomic E-state index is -0.00985. The first kappa shape index (κ1) is 16.5. The Hall–Kier alpha value is -0.860. The molecular weight excluding hydrogens is 258 g/mol. The zero-order valence-electron chi connectivity index (χ0n) is 14.3. The number of likely N-dealkylation sites (N-methyl/N-ethyl adjacent to an activating group) is 1. The molecule has 2 rings (SSSR count). The van der Waals surface area contributed by atoms with Gasteiger partial charge in [-0.25, -0.2) is 0 Å². The van der Waals surface area contributed by atoms with Gasteiger partial charge in [-0.2, -0.15) is 0 Å². The van der Waals surface area contributed by atoms with E-state index in [-0.39, 0.29) is 5.60 Å². The van der Waals surface area contributed by atoms with Crippen LogP contribution in [0.15, 0.2) is 18.2 Å². The fourth-order valence-corrected chi connectivity index (χ4v) is 4.16. The molecule has 0 amide bonds. The van der Waals surface area contributed by atoms with Gasteiger partial charge >= 0.3 is 0 Å². The number of nitrogens with one attached hydrogen (secondary N) is 1. The van der Waals surface area contributed by atoms with Crippen LogP contribution in [0.3, 0.4) is 0 Å². The minimum Gasteiger partial charge on any atom is -0.377 e. The van der Waals surface area contributed by atoms with Crippen LogP contribution in [0.5, 0.6) is 0 Å². The van der Waals surface area contributed by atoms with E-state index >= 15 is 0 Å². The molecule has 3 atom stereocenters. The Bertz CT molecular complexity index is 450. The average molecular weight is 289 g/mol. The third-order valence-corrected chi connectivity index (χ3v) is 5.10. The van der Waals surface area contributed by atoms with Gasteiger partial charge in [0, 0.05) is 13.2 Å². The van der Waals surface area contributed by atoms with Gasteiger partial charge in [0.15, 0.2) is 0 Å². The summed E-state index contributed by atoms with van der Waals surface area (Å²) in [6.45, 7) is 6.72. The Morgan fingerprint density at radius 3 is 2.48 bits per heavy atom. The summed E-state index contributed by atoms with van der Waals surface area (Å²) in [6.07, 6.45) is 5.99. The summed E-state index contributed by atoms with van der Waals surface area (Å²) in [4.78, 5) is 0. The molecule has 1 aliphatic carbocycles. The Labute approximate surface area is 130 Å².